The summed E-state index contributed by atoms with van der Waals surface area (Å²) in [5, 5.41) is 1.46. The maximum atomic E-state index is 12.9. The number of carbonyl (C=O) groups is 2. The number of aromatic nitrogens is 1. The normalized spacial score (nSPS) is 18.4. The largest absolute Gasteiger partial charge is 0.465 e. The lowest BCUT2D eigenvalue weighted by molar-refractivity contribution is -0.146. The average Bonchev–Trinajstić information content (AvgIpc) is 2.83. The van der Waals surface area contributed by atoms with Gasteiger partial charge >= 0.3 is 5.97 Å². The van der Waals surface area contributed by atoms with Crippen LogP contribution in [0.5, 0.6) is 0 Å². The molecule has 0 saturated carbocycles. The number of piperidine rings is 2. The number of hydrogen-bond donors (Lipinski definition) is 0. The van der Waals surface area contributed by atoms with E-state index in [9.17, 15) is 14.4 Å². The third kappa shape index (κ3) is 6.25. The van der Waals surface area contributed by atoms with E-state index in [0.717, 1.165) is 48.6 Å². The Morgan fingerprint density at radius 2 is 1.68 bits per heavy atom. The van der Waals surface area contributed by atoms with Crippen molar-refractivity contribution < 1.29 is 19.1 Å². The van der Waals surface area contributed by atoms with Crippen molar-refractivity contribution in [2.45, 2.75) is 51.4 Å². The van der Waals surface area contributed by atoms with Crippen LogP contribution in [-0.4, -0.2) is 77.8 Å². The van der Waals surface area contributed by atoms with Gasteiger partial charge in [0.05, 0.1) is 25.4 Å². The molecule has 0 N–H and O–H groups in total. The molecule has 2 aliphatic rings. The molecule has 184 valence electrons. The number of amides is 1. The lowest BCUT2D eigenvalue weighted by Gasteiger charge is -2.37. The van der Waals surface area contributed by atoms with Gasteiger partial charge in [0.15, 0.2) is 0 Å². The van der Waals surface area contributed by atoms with Gasteiger partial charge in [-0.25, -0.2) is 0 Å². The number of halogens is 1. The summed E-state index contributed by atoms with van der Waals surface area (Å²) in [6.07, 6.45) is 5.44. The highest BCUT2D eigenvalue weighted by molar-refractivity contribution is 9.10. The Bertz CT molecular complexity index is 1070. The first-order chi connectivity index (χ1) is 16.4. The molecule has 3 heterocycles. The summed E-state index contributed by atoms with van der Waals surface area (Å²) in [6.45, 7) is 5.56. The van der Waals surface area contributed by atoms with E-state index in [4.69, 9.17) is 9.47 Å². The quantitative estimate of drug-likeness (QED) is 0.509. The standard InChI is InChI=1S/C25H32BrN3O5/c1-2-33-24(31)17-27-10-6-20(7-11-27)34-21-8-13-28(14-9-21)23(30)16-29-12-5-18-3-4-19(26)15-22(18)25(29)32/h3-5,12,15,20-21H,2,6-11,13-14,16-17H2,1H3. The number of benzene rings is 1. The van der Waals surface area contributed by atoms with Gasteiger partial charge in [-0.3, -0.25) is 19.3 Å². The van der Waals surface area contributed by atoms with Gasteiger partial charge in [-0.15, -0.1) is 0 Å². The molecule has 1 amide bonds. The first kappa shape index (κ1) is 24.9. The number of ether oxygens (including phenoxy) is 2. The summed E-state index contributed by atoms with van der Waals surface area (Å²) >= 11 is 3.41. The maximum absolute atomic E-state index is 12.9. The van der Waals surface area contributed by atoms with Crippen LogP contribution in [0.1, 0.15) is 32.6 Å². The summed E-state index contributed by atoms with van der Waals surface area (Å²) in [4.78, 5) is 41.3. The predicted octanol–water partition coefficient (Wildman–Crippen LogP) is 2.80. The second-order valence-electron chi connectivity index (χ2n) is 8.98. The number of likely N-dealkylation sites (tertiary alicyclic amines) is 2. The molecule has 1 aromatic carbocycles. The van der Waals surface area contributed by atoms with Crippen LogP contribution in [0.15, 0.2) is 39.7 Å². The summed E-state index contributed by atoms with van der Waals surface area (Å²) in [5.41, 5.74) is -0.153. The fourth-order valence-electron chi connectivity index (χ4n) is 4.73. The minimum atomic E-state index is -0.169. The number of pyridine rings is 1. The fraction of sp³-hybridized carbons (Fsp3) is 0.560. The number of carbonyl (C=O) groups excluding carboxylic acids is 2. The zero-order valence-electron chi connectivity index (χ0n) is 19.6. The van der Waals surface area contributed by atoms with Crippen molar-refractivity contribution in [2.75, 3.05) is 39.3 Å². The second-order valence-corrected chi connectivity index (χ2v) is 9.89. The Balaban J connectivity index is 1.22. The second kappa shape index (κ2) is 11.5. The minimum Gasteiger partial charge on any atom is -0.465 e. The van der Waals surface area contributed by atoms with Crippen LogP contribution in [-0.2, 0) is 25.6 Å². The van der Waals surface area contributed by atoms with E-state index in [2.05, 4.69) is 20.8 Å². The van der Waals surface area contributed by atoms with Crippen LogP contribution in [0, 0.1) is 0 Å². The third-order valence-electron chi connectivity index (χ3n) is 6.62. The van der Waals surface area contributed by atoms with E-state index in [1.54, 1.807) is 12.3 Å². The zero-order valence-corrected chi connectivity index (χ0v) is 21.2. The Hall–Kier alpha value is -2.23. The van der Waals surface area contributed by atoms with Crippen LogP contribution in [0.2, 0.25) is 0 Å². The molecule has 2 aliphatic heterocycles. The lowest BCUT2D eigenvalue weighted by Crippen LogP contribution is -2.45. The van der Waals surface area contributed by atoms with Gasteiger partial charge in [-0.2, -0.15) is 0 Å². The molecular formula is C25H32BrN3O5. The van der Waals surface area contributed by atoms with Gasteiger partial charge in [0.2, 0.25) is 5.91 Å². The molecule has 9 heteroatoms. The number of rotatable bonds is 7. The molecule has 2 aromatic rings. The molecule has 1 aromatic heterocycles. The van der Waals surface area contributed by atoms with E-state index in [0.29, 0.717) is 31.6 Å². The van der Waals surface area contributed by atoms with Crippen molar-refractivity contribution in [3.8, 4) is 0 Å². The van der Waals surface area contributed by atoms with Crippen molar-refractivity contribution in [3.05, 3.63) is 45.3 Å². The van der Waals surface area contributed by atoms with Crippen molar-refractivity contribution in [2.24, 2.45) is 0 Å². The molecule has 0 atom stereocenters. The van der Waals surface area contributed by atoms with Crippen molar-refractivity contribution in [3.63, 3.8) is 0 Å². The molecule has 8 nitrogen and oxygen atoms in total. The average molecular weight is 534 g/mol. The van der Waals surface area contributed by atoms with Crippen LogP contribution < -0.4 is 5.56 Å². The molecular weight excluding hydrogens is 502 g/mol. The summed E-state index contributed by atoms with van der Waals surface area (Å²) < 4.78 is 13.7. The van der Waals surface area contributed by atoms with Gasteiger partial charge in [0, 0.05) is 42.2 Å². The van der Waals surface area contributed by atoms with E-state index in [-0.39, 0.29) is 36.2 Å². The van der Waals surface area contributed by atoms with E-state index >= 15 is 0 Å². The summed E-state index contributed by atoms with van der Waals surface area (Å²) in [7, 11) is 0. The van der Waals surface area contributed by atoms with Crippen LogP contribution in [0.3, 0.4) is 0 Å². The topological polar surface area (TPSA) is 81.1 Å². The van der Waals surface area contributed by atoms with Gasteiger partial charge < -0.3 is 18.9 Å². The van der Waals surface area contributed by atoms with Gasteiger partial charge in [-0.1, -0.05) is 22.0 Å². The molecule has 0 aliphatic carbocycles. The maximum Gasteiger partial charge on any atom is 0.320 e. The van der Waals surface area contributed by atoms with E-state index in [1.807, 2.05) is 30.0 Å². The number of esters is 1. The Labute approximate surface area is 207 Å². The van der Waals surface area contributed by atoms with Crippen LogP contribution in [0.25, 0.3) is 10.8 Å². The minimum absolute atomic E-state index is 0.0397. The van der Waals surface area contributed by atoms with Gasteiger partial charge in [0.1, 0.15) is 6.54 Å². The SMILES string of the molecule is CCOC(=O)CN1CCC(OC2CCN(C(=O)Cn3ccc4ccc(Br)cc4c3=O)CC2)CC1. The van der Waals surface area contributed by atoms with Gasteiger partial charge in [-0.05, 0) is 56.2 Å². The lowest BCUT2D eigenvalue weighted by atomic mass is 10.0. The fourth-order valence-corrected chi connectivity index (χ4v) is 5.09. The molecule has 2 saturated heterocycles. The molecule has 0 unspecified atom stereocenters. The molecule has 4 rings (SSSR count). The van der Waals surface area contributed by atoms with E-state index in [1.165, 1.54) is 4.57 Å². The Morgan fingerprint density at radius 3 is 2.35 bits per heavy atom. The Kier molecular flexibility index (Phi) is 8.39. The Morgan fingerprint density at radius 1 is 1.00 bits per heavy atom. The van der Waals surface area contributed by atoms with Crippen molar-refractivity contribution in [1.29, 1.82) is 0 Å². The number of fused-ring (bicyclic) bond motifs is 1. The van der Waals surface area contributed by atoms with Crippen molar-refractivity contribution >= 4 is 38.6 Å². The van der Waals surface area contributed by atoms with E-state index < -0.39 is 0 Å². The first-order valence-corrected chi connectivity index (χ1v) is 12.8. The predicted molar refractivity (Wildman–Crippen MR) is 133 cm³/mol. The highest BCUT2D eigenvalue weighted by Crippen LogP contribution is 2.21. The number of nitrogens with zero attached hydrogens (tertiary/aromatic N) is 3. The monoisotopic (exact) mass is 533 g/mol. The molecule has 0 bridgehead atoms. The molecule has 34 heavy (non-hydrogen) atoms. The highest BCUT2D eigenvalue weighted by Gasteiger charge is 2.28. The molecule has 2 fully saturated rings. The third-order valence-corrected chi connectivity index (χ3v) is 7.11. The molecule has 0 spiro atoms. The number of hydrogen-bond acceptors (Lipinski definition) is 6. The summed E-state index contributed by atoms with van der Waals surface area (Å²) in [6, 6.07) is 7.45. The van der Waals surface area contributed by atoms with Crippen LogP contribution >= 0.6 is 15.9 Å². The highest BCUT2D eigenvalue weighted by atomic mass is 79.9. The first-order valence-electron chi connectivity index (χ1n) is 12.0. The van der Waals surface area contributed by atoms with Crippen molar-refractivity contribution in [1.82, 2.24) is 14.4 Å². The zero-order chi connectivity index (χ0) is 24.1. The molecule has 0 radical (unpaired) electrons. The summed E-state index contributed by atoms with van der Waals surface area (Å²) in [5.74, 6) is -0.208. The smallest absolute Gasteiger partial charge is 0.320 e. The van der Waals surface area contributed by atoms with Crippen LogP contribution in [0.4, 0.5) is 0 Å². The van der Waals surface area contributed by atoms with Gasteiger partial charge in [0.25, 0.3) is 5.56 Å².